The lowest BCUT2D eigenvalue weighted by Crippen LogP contribution is -2.24. The van der Waals surface area contributed by atoms with Crippen LogP contribution < -0.4 is 0 Å². The number of hydrogen-bond acceptors (Lipinski definition) is 4. The van der Waals surface area contributed by atoms with E-state index in [4.69, 9.17) is 17.5 Å². The predicted octanol–water partition coefficient (Wildman–Crippen LogP) is 0.444. The number of Topliss-reactive ketones (excluding diaryl/α,β-unsaturated/α-hetero) is 2. The molecule has 0 bridgehead atoms. The first kappa shape index (κ1) is 16.4. The van der Waals surface area contributed by atoms with Crippen LogP contribution in [0.2, 0.25) is 0 Å². The van der Waals surface area contributed by atoms with Crippen LogP contribution in [0.5, 0.6) is 0 Å². The quantitative estimate of drug-likeness (QED) is 0.545. The molecule has 0 unspecified atom stereocenters. The molecule has 10 heteroatoms. The van der Waals surface area contributed by atoms with Gasteiger partial charge < -0.3 is 0 Å². The Morgan fingerprint density at radius 3 is 1.53 bits per heavy atom. The van der Waals surface area contributed by atoms with Gasteiger partial charge in [-0.15, -0.1) is 0 Å². The Morgan fingerprint density at radius 2 is 1.47 bits per heavy atom. The Morgan fingerprint density at radius 1 is 1.20 bits per heavy atom. The molecule has 0 rings (SSSR count). The number of carbonyl (C=O) groups is 2. The molecule has 0 amide bonds. The summed E-state index contributed by atoms with van der Waals surface area (Å²) in [6.07, 6.45) is -5.92. The number of halogens is 3. The largest absolute Gasteiger partial charge is 0.450 e. The van der Waals surface area contributed by atoms with Gasteiger partial charge >= 0.3 is 16.6 Å². The smallest absolute Gasteiger partial charge is 0.300 e. The maximum absolute atomic E-state index is 11.3. The van der Waals surface area contributed by atoms with Gasteiger partial charge in [0.15, 0.2) is 0 Å². The molecular formula is C5H7F3O6S. The minimum atomic E-state index is -4.87. The summed E-state index contributed by atoms with van der Waals surface area (Å²) in [5.74, 6) is -2.76. The molecule has 15 heavy (non-hydrogen) atoms. The molecule has 0 aliphatic heterocycles. The van der Waals surface area contributed by atoms with Gasteiger partial charge in [0, 0.05) is 0 Å². The molecule has 2 N–H and O–H groups in total. The van der Waals surface area contributed by atoms with E-state index in [2.05, 4.69) is 0 Å². The molecule has 0 aliphatic rings. The highest BCUT2D eigenvalue weighted by Crippen LogP contribution is 2.17. The molecule has 0 saturated carbocycles. The van der Waals surface area contributed by atoms with Crippen LogP contribution in [0.25, 0.3) is 0 Å². The third-order valence-corrected chi connectivity index (χ3v) is 0.726. The molecular weight excluding hydrogens is 245 g/mol. The van der Waals surface area contributed by atoms with E-state index < -0.39 is 34.6 Å². The van der Waals surface area contributed by atoms with Crippen LogP contribution in [-0.4, -0.2) is 35.3 Å². The molecule has 0 saturated heterocycles. The molecule has 0 spiro atoms. The second kappa shape index (κ2) is 5.78. The summed E-state index contributed by atoms with van der Waals surface area (Å²) in [7, 11) is -4.67. The van der Waals surface area contributed by atoms with Crippen LogP contribution in [-0.2, 0) is 20.0 Å². The first-order valence-corrected chi connectivity index (χ1v) is 4.53. The number of alkyl halides is 3. The van der Waals surface area contributed by atoms with Gasteiger partial charge in [-0.1, -0.05) is 0 Å². The average molecular weight is 252 g/mol. The van der Waals surface area contributed by atoms with E-state index in [1.54, 1.807) is 0 Å². The lowest BCUT2D eigenvalue weighted by molar-refractivity contribution is -0.171. The van der Waals surface area contributed by atoms with Crippen molar-refractivity contribution in [3.05, 3.63) is 0 Å². The fourth-order valence-electron chi connectivity index (χ4n) is 0.326. The zero-order valence-corrected chi connectivity index (χ0v) is 8.09. The topological polar surface area (TPSA) is 109 Å². The minimum Gasteiger partial charge on any atom is -0.300 e. The van der Waals surface area contributed by atoms with Crippen LogP contribution >= 0.6 is 0 Å². The Kier molecular flexibility index (Phi) is 6.33. The first-order valence-electron chi connectivity index (χ1n) is 3.13. The molecule has 0 radical (unpaired) electrons. The molecule has 0 aromatic rings. The lowest BCUT2D eigenvalue weighted by Gasteiger charge is -2.00. The molecule has 0 aliphatic carbocycles. The third kappa shape index (κ3) is 19.4. The van der Waals surface area contributed by atoms with Crippen LogP contribution in [0.1, 0.15) is 13.3 Å². The maximum atomic E-state index is 11.3. The van der Waals surface area contributed by atoms with Crippen molar-refractivity contribution in [1.82, 2.24) is 0 Å². The van der Waals surface area contributed by atoms with Crippen molar-refractivity contribution in [2.24, 2.45) is 0 Å². The standard InChI is InChI=1S/C5H5F3O2.H2O4S/c1-3(9)2-4(10)5(6,7)8;1-5(2,3)4/h2H2,1H3;(H2,1,2,3,4). The molecule has 0 aromatic carbocycles. The van der Waals surface area contributed by atoms with Crippen LogP contribution in [0.3, 0.4) is 0 Å². The molecule has 0 aromatic heterocycles. The Labute approximate surface area is 82.7 Å². The fourth-order valence-corrected chi connectivity index (χ4v) is 0.326. The van der Waals surface area contributed by atoms with Crippen molar-refractivity contribution in [2.45, 2.75) is 19.5 Å². The van der Waals surface area contributed by atoms with E-state index in [1.807, 2.05) is 0 Å². The summed E-state index contributed by atoms with van der Waals surface area (Å²) in [4.78, 5) is 19.9. The summed E-state index contributed by atoms with van der Waals surface area (Å²) >= 11 is 0. The minimum absolute atomic E-state index is 0.776. The number of rotatable bonds is 2. The molecule has 0 fully saturated rings. The van der Waals surface area contributed by atoms with E-state index in [1.165, 1.54) is 0 Å². The van der Waals surface area contributed by atoms with Gasteiger partial charge in [0.1, 0.15) is 5.78 Å². The van der Waals surface area contributed by atoms with Crippen molar-refractivity contribution in [2.75, 3.05) is 0 Å². The van der Waals surface area contributed by atoms with Crippen molar-refractivity contribution < 1.29 is 40.3 Å². The SMILES string of the molecule is CC(=O)CC(=O)C(F)(F)F.O=S(=O)(O)O. The van der Waals surface area contributed by atoms with Gasteiger partial charge in [0.25, 0.3) is 0 Å². The van der Waals surface area contributed by atoms with Crippen LogP contribution in [0.15, 0.2) is 0 Å². The normalized spacial score (nSPS) is 11.3. The Bertz CT molecular complexity index is 321. The van der Waals surface area contributed by atoms with Crippen molar-refractivity contribution >= 4 is 22.0 Å². The summed E-state index contributed by atoms with van der Waals surface area (Å²) in [5, 5.41) is 0. The zero-order chi connectivity index (χ0) is 12.9. The first-order chi connectivity index (χ1) is 6.34. The lowest BCUT2D eigenvalue weighted by atomic mass is 10.2. The maximum Gasteiger partial charge on any atom is 0.450 e. The van der Waals surface area contributed by atoms with Crippen molar-refractivity contribution in [3.63, 3.8) is 0 Å². The summed E-state index contributed by atoms with van der Waals surface area (Å²) in [6, 6.07) is 0. The van der Waals surface area contributed by atoms with Crippen molar-refractivity contribution in [3.8, 4) is 0 Å². The number of ketones is 2. The van der Waals surface area contributed by atoms with E-state index >= 15 is 0 Å². The number of hydrogen-bond donors (Lipinski definition) is 2. The summed E-state index contributed by atoms with van der Waals surface area (Å²) < 4.78 is 65.5. The second-order valence-electron chi connectivity index (χ2n) is 2.25. The fraction of sp³-hybridized carbons (Fsp3) is 0.600. The second-order valence-corrected chi connectivity index (χ2v) is 3.14. The van der Waals surface area contributed by atoms with Gasteiger partial charge in [-0.3, -0.25) is 18.7 Å². The average Bonchev–Trinajstić information content (AvgIpc) is 1.78. The van der Waals surface area contributed by atoms with Gasteiger partial charge in [-0.25, -0.2) is 0 Å². The van der Waals surface area contributed by atoms with Gasteiger partial charge in [0.05, 0.1) is 6.42 Å². The predicted molar refractivity (Wildman–Crippen MR) is 40.5 cm³/mol. The Hall–Kier alpha value is -1.00. The highest BCUT2D eigenvalue weighted by atomic mass is 32.3. The van der Waals surface area contributed by atoms with Crippen LogP contribution in [0.4, 0.5) is 13.2 Å². The van der Waals surface area contributed by atoms with Gasteiger partial charge in [-0.2, -0.15) is 21.6 Å². The summed E-state index contributed by atoms with van der Waals surface area (Å²) in [5.41, 5.74) is 0. The van der Waals surface area contributed by atoms with Crippen LogP contribution in [0, 0.1) is 0 Å². The molecule has 0 heterocycles. The Balaban J connectivity index is 0. The summed E-state index contributed by atoms with van der Waals surface area (Å²) in [6.45, 7) is 0.934. The zero-order valence-electron chi connectivity index (χ0n) is 7.28. The van der Waals surface area contributed by atoms with Gasteiger partial charge in [-0.05, 0) is 6.92 Å². The highest BCUT2D eigenvalue weighted by molar-refractivity contribution is 7.79. The van der Waals surface area contributed by atoms with E-state index in [0.717, 1.165) is 6.92 Å². The highest BCUT2D eigenvalue weighted by Gasteiger charge is 2.38. The molecule has 0 atom stereocenters. The molecule has 90 valence electrons. The van der Waals surface area contributed by atoms with E-state index in [-0.39, 0.29) is 0 Å². The third-order valence-electron chi connectivity index (χ3n) is 0.726. The van der Waals surface area contributed by atoms with Gasteiger partial charge in [0.2, 0.25) is 5.78 Å². The van der Waals surface area contributed by atoms with Crippen molar-refractivity contribution in [1.29, 1.82) is 0 Å². The number of carbonyl (C=O) groups excluding carboxylic acids is 2. The van der Waals surface area contributed by atoms with E-state index in [9.17, 15) is 22.8 Å². The molecule has 6 nitrogen and oxygen atoms in total. The van der Waals surface area contributed by atoms with E-state index in [0.29, 0.717) is 0 Å². The monoisotopic (exact) mass is 252 g/mol.